The second-order valence-electron chi connectivity index (χ2n) is 5.19. The van der Waals surface area contributed by atoms with Crippen LogP contribution in [0.25, 0.3) is 11.0 Å². The maximum atomic E-state index is 13.1. The first-order valence-corrected chi connectivity index (χ1v) is 6.98. The van der Waals surface area contributed by atoms with Gasteiger partial charge in [0.2, 0.25) is 0 Å². The highest BCUT2D eigenvalue weighted by Crippen LogP contribution is 2.35. The van der Waals surface area contributed by atoms with Gasteiger partial charge in [-0.3, -0.25) is 0 Å². The van der Waals surface area contributed by atoms with E-state index in [0.717, 1.165) is 17.0 Å². The topological polar surface area (TPSA) is 33.5 Å². The monoisotopic (exact) mass is 353 g/mol. The van der Waals surface area contributed by atoms with Crippen LogP contribution in [0.2, 0.25) is 0 Å². The first kappa shape index (κ1) is 18.2. The molecule has 0 radical (unpaired) electrons. The van der Waals surface area contributed by atoms with Gasteiger partial charge in [0.1, 0.15) is 12.1 Å². The molecule has 0 unspecified atom stereocenters. The summed E-state index contributed by atoms with van der Waals surface area (Å²) in [6, 6.07) is 3.52. The molecule has 0 saturated heterocycles. The minimum atomic E-state index is -4.83. The summed E-state index contributed by atoms with van der Waals surface area (Å²) in [5.41, 5.74) is -2.77. The third kappa shape index (κ3) is 4.21. The van der Waals surface area contributed by atoms with Crippen LogP contribution in [0.5, 0.6) is 0 Å². The third-order valence-electron chi connectivity index (χ3n) is 3.26. The van der Waals surface area contributed by atoms with Gasteiger partial charge in [0.25, 0.3) is 0 Å². The molecular formula is C15H13F6NO2. The van der Waals surface area contributed by atoms with Crippen LogP contribution in [-0.2, 0) is 6.18 Å². The molecule has 0 aliphatic rings. The molecule has 9 heteroatoms. The SMILES string of the molecule is CCCN(CC(F)(F)F)c1ccc2oc(=O)cc(C(F)(F)F)c2c1. The van der Waals surface area contributed by atoms with Crippen LogP contribution in [-0.4, -0.2) is 19.3 Å². The van der Waals surface area contributed by atoms with Crippen molar-refractivity contribution in [1.82, 2.24) is 0 Å². The van der Waals surface area contributed by atoms with E-state index in [-0.39, 0.29) is 17.8 Å². The van der Waals surface area contributed by atoms with E-state index in [2.05, 4.69) is 0 Å². The maximum Gasteiger partial charge on any atom is 0.417 e. The molecule has 24 heavy (non-hydrogen) atoms. The van der Waals surface area contributed by atoms with Crippen LogP contribution in [0.1, 0.15) is 18.9 Å². The zero-order valence-electron chi connectivity index (χ0n) is 12.5. The second-order valence-corrected chi connectivity index (χ2v) is 5.19. The van der Waals surface area contributed by atoms with Crippen molar-refractivity contribution in [2.24, 2.45) is 0 Å². The highest BCUT2D eigenvalue weighted by atomic mass is 19.4. The lowest BCUT2D eigenvalue weighted by molar-refractivity contribution is -0.136. The van der Waals surface area contributed by atoms with E-state index in [1.807, 2.05) is 0 Å². The highest BCUT2D eigenvalue weighted by molar-refractivity contribution is 5.84. The van der Waals surface area contributed by atoms with Crippen LogP contribution >= 0.6 is 0 Å². The van der Waals surface area contributed by atoms with Gasteiger partial charge in [-0.2, -0.15) is 26.3 Å². The molecule has 1 heterocycles. The first-order valence-electron chi connectivity index (χ1n) is 6.98. The Morgan fingerprint density at radius 2 is 1.75 bits per heavy atom. The molecule has 0 amide bonds. The molecule has 1 aromatic heterocycles. The maximum absolute atomic E-state index is 13.1. The number of anilines is 1. The van der Waals surface area contributed by atoms with Gasteiger partial charge in [-0.25, -0.2) is 4.79 Å². The van der Waals surface area contributed by atoms with Crippen molar-refractivity contribution in [3.63, 3.8) is 0 Å². The Morgan fingerprint density at radius 1 is 1.08 bits per heavy atom. The average molecular weight is 353 g/mol. The van der Waals surface area contributed by atoms with Crippen molar-refractivity contribution in [3.8, 4) is 0 Å². The van der Waals surface area contributed by atoms with Gasteiger partial charge in [0, 0.05) is 23.7 Å². The molecule has 0 spiro atoms. The van der Waals surface area contributed by atoms with Crippen molar-refractivity contribution < 1.29 is 30.8 Å². The fraction of sp³-hybridized carbons (Fsp3) is 0.400. The minimum absolute atomic E-state index is 0.0170. The zero-order chi connectivity index (χ0) is 18.1. The molecule has 0 aliphatic carbocycles. The summed E-state index contributed by atoms with van der Waals surface area (Å²) in [6.07, 6.45) is -8.95. The summed E-state index contributed by atoms with van der Waals surface area (Å²) in [7, 11) is 0. The molecule has 0 aliphatic heterocycles. The molecular weight excluding hydrogens is 340 g/mol. The molecule has 0 N–H and O–H groups in total. The fourth-order valence-corrected chi connectivity index (χ4v) is 2.37. The Balaban J connectivity index is 2.60. The third-order valence-corrected chi connectivity index (χ3v) is 3.26. The zero-order valence-corrected chi connectivity index (χ0v) is 12.5. The van der Waals surface area contributed by atoms with Gasteiger partial charge in [-0.15, -0.1) is 0 Å². The van der Waals surface area contributed by atoms with E-state index >= 15 is 0 Å². The van der Waals surface area contributed by atoms with Gasteiger partial charge in [-0.05, 0) is 24.6 Å². The number of hydrogen-bond donors (Lipinski definition) is 0. The van der Waals surface area contributed by atoms with Crippen molar-refractivity contribution in [3.05, 3.63) is 40.2 Å². The standard InChI is InChI=1S/C15H13F6NO2/c1-2-5-22(8-14(16,17)18)9-3-4-12-10(6-9)11(15(19,20)21)7-13(23)24-12/h3-4,6-7H,2,5,8H2,1H3. The fourth-order valence-electron chi connectivity index (χ4n) is 2.37. The molecule has 1 aromatic carbocycles. The molecule has 3 nitrogen and oxygen atoms in total. The lowest BCUT2D eigenvalue weighted by atomic mass is 10.1. The van der Waals surface area contributed by atoms with E-state index in [4.69, 9.17) is 4.42 Å². The highest BCUT2D eigenvalue weighted by Gasteiger charge is 2.35. The van der Waals surface area contributed by atoms with Crippen molar-refractivity contribution in [2.75, 3.05) is 18.0 Å². The number of alkyl halides is 6. The van der Waals surface area contributed by atoms with Gasteiger partial charge in [0.15, 0.2) is 0 Å². The van der Waals surface area contributed by atoms with Gasteiger partial charge >= 0.3 is 18.0 Å². The normalized spacial score (nSPS) is 12.6. The molecule has 0 saturated carbocycles. The largest absolute Gasteiger partial charge is 0.423 e. The van der Waals surface area contributed by atoms with E-state index in [9.17, 15) is 31.1 Å². The first-order chi connectivity index (χ1) is 11.0. The minimum Gasteiger partial charge on any atom is -0.423 e. The van der Waals surface area contributed by atoms with E-state index in [1.165, 1.54) is 6.07 Å². The Labute approximate surface area is 132 Å². The smallest absolute Gasteiger partial charge is 0.417 e. The second kappa shape index (κ2) is 6.37. The molecule has 0 bridgehead atoms. The molecule has 132 valence electrons. The van der Waals surface area contributed by atoms with Crippen molar-refractivity contribution >= 4 is 16.7 Å². The summed E-state index contributed by atoms with van der Waals surface area (Å²) in [4.78, 5) is 12.2. The summed E-state index contributed by atoms with van der Waals surface area (Å²) in [5, 5.41) is -0.456. The number of nitrogens with zero attached hydrogens (tertiary/aromatic N) is 1. The van der Waals surface area contributed by atoms with E-state index in [0.29, 0.717) is 12.5 Å². The van der Waals surface area contributed by atoms with Crippen LogP contribution in [0.15, 0.2) is 33.5 Å². The van der Waals surface area contributed by atoms with Gasteiger partial charge in [0.05, 0.1) is 5.56 Å². The Morgan fingerprint density at radius 3 is 2.29 bits per heavy atom. The van der Waals surface area contributed by atoms with E-state index in [1.54, 1.807) is 6.92 Å². The molecule has 0 atom stereocenters. The Bertz CT molecular complexity index is 778. The average Bonchev–Trinajstić information content (AvgIpc) is 2.43. The van der Waals surface area contributed by atoms with Crippen molar-refractivity contribution in [1.29, 1.82) is 0 Å². The predicted octanol–water partition coefficient (Wildman–Crippen LogP) is 4.59. The lowest BCUT2D eigenvalue weighted by Crippen LogP contribution is -2.34. The molecule has 2 rings (SSSR count). The van der Waals surface area contributed by atoms with Crippen LogP contribution < -0.4 is 10.5 Å². The van der Waals surface area contributed by atoms with Crippen LogP contribution in [0.3, 0.4) is 0 Å². The number of halogens is 6. The lowest BCUT2D eigenvalue weighted by Gasteiger charge is -2.26. The van der Waals surface area contributed by atoms with E-state index < -0.39 is 35.5 Å². The molecule has 0 fully saturated rings. The van der Waals surface area contributed by atoms with Crippen molar-refractivity contribution in [2.45, 2.75) is 25.7 Å². The van der Waals surface area contributed by atoms with Crippen LogP contribution in [0.4, 0.5) is 32.0 Å². The number of hydrogen-bond acceptors (Lipinski definition) is 3. The summed E-state index contributed by atoms with van der Waals surface area (Å²) in [6.45, 7) is 0.387. The number of fused-ring (bicyclic) bond motifs is 1. The van der Waals surface area contributed by atoms with Gasteiger partial charge in [-0.1, -0.05) is 6.92 Å². The Hall–Kier alpha value is -2.19. The van der Waals surface area contributed by atoms with Gasteiger partial charge < -0.3 is 9.32 Å². The summed E-state index contributed by atoms with van der Waals surface area (Å²) < 4.78 is 81.9. The predicted molar refractivity (Wildman–Crippen MR) is 76.0 cm³/mol. The number of rotatable bonds is 4. The Kier molecular flexibility index (Phi) is 4.82. The quantitative estimate of drug-likeness (QED) is 0.595. The van der Waals surface area contributed by atoms with Crippen LogP contribution in [0, 0.1) is 0 Å². The summed E-state index contributed by atoms with van der Waals surface area (Å²) in [5.74, 6) is 0. The number of benzene rings is 1. The molecule has 2 aromatic rings. The summed E-state index contributed by atoms with van der Waals surface area (Å²) >= 11 is 0.